The van der Waals surface area contributed by atoms with Crippen molar-refractivity contribution < 1.29 is 9.59 Å². The largest absolute Gasteiger partial charge is 0.322 e. The van der Waals surface area contributed by atoms with Gasteiger partial charge in [-0.1, -0.05) is 23.7 Å². The van der Waals surface area contributed by atoms with Gasteiger partial charge in [0, 0.05) is 24.3 Å². The average molecular weight is 329 g/mol. The first-order chi connectivity index (χ1) is 11.1. The van der Waals surface area contributed by atoms with Gasteiger partial charge in [-0.05, 0) is 49.2 Å². The van der Waals surface area contributed by atoms with Crippen molar-refractivity contribution in [2.24, 2.45) is 0 Å². The Kier molecular flexibility index (Phi) is 4.35. The summed E-state index contributed by atoms with van der Waals surface area (Å²) in [4.78, 5) is 25.8. The molecule has 0 aliphatic heterocycles. The number of hydrogen-bond donors (Lipinski definition) is 1. The monoisotopic (exact) mass is 328 g/mol. The molecule has 0 heterocycles. The molecule has 0 unspecified atom stereocenters. The van der Waals surface area contributed by atoms with Crippen molar-refractivity contribution in [1.29, 1.82) is 0 Å². The Morgan fingerprint density at radius 1 is 1.09 bits per heavy atom. The van der Waals surface area contributed by atoms with Crippen molar-refractivity contribution in [3.63, 3.8) is 0 Å². The quantitative estimate of drug-likeness (QED) is 0.918. The van der Waals surface area contributed by atoms with E-state index < -0.39 is 0 Å². The van der Waals surface area contributed by atoms with Crippen LogP contribution in [0.2, 0.25) is 5.02 Å². The Labute approximate surface area is 140 Å². The lowest BCUT2D eigenvalue weighted by Gasteiger charge is -2.21. The molecule has 1 aliphatic carbocycles. The molecule has 0 aromatic heterocycles. The van der Waals surface area contributed by atoms with Crippen molar-refractivity contribution in [3.8, 4) is 0 Å². The van der Waals surface area contributed by atoms with E-state index >= 15 is 0 Å². The minimum atomic E-state index is -0.256. The summed E-state index contributed by atoms with van der Waals surface area (Å²) in [6, 6.07) is 14.5. The molecule has 4 nitrogen and oxygen atoms in total. The maximum atomic E-state index is 12.2. The Hall–Kier alpha value is -2.33. The number of amides is 2. The van der Waals surface area contributed by atoms with E-state index in [1.807, 2.05) is 12.1 Å². The summed E-state index contributed by atoms with van der Waals surface area (Å²) < 4.78 is 0. The number of hydrogen-bond acceptors (Lipinski definition) is 2. The summed E-state index contributed by atoms with van der Waals surface area (Å²) in [5, 5.41) is 3.23. The van der Waals surface area contributed by atoms with E-state index in [-0.39, 0.29) is 11.8 Å². The lowest BCUT2D eigenvalue weighted by atomic mass is 10.2. The number of anilines is 2. The third kappa shape index (κ3) is 3.54. The van der Waals surface area contributed by atoms with E-state index in [4.69, 9.17) is 11.6 Å². The first-order valence-electron chi connectivity index (χ1n) is 7.52. The number of nitrogens with zero attached hydrogens (tertiary/aromatic N) is 1. The molecule has 2 aromatic carbocycles. The van der Waals surface area contributed by atoms with Gasteiger partial charge in [-0.15, -0.1) is 0 Å². The fourth-order valence-electron chi connectivity index (χ4n) is 2.53. The second-order valence-electron chi connectivity index (χ2n) is 5.60. The molecular weight excluding hydrogens is 312 g/mol. The molecule has 3 rings (SSSR count). The Morgan fingerprint density at radius 2 is 1.74 bits per heavy atom. The molecule has 0 atom stereocenters. The molecule has 1 aliphatic rings. The third-order valence-electron chi connectivity index (χ3n) is 3.77. The average Bonchev–Trinajstić information content (AvgIpc) is 3.34. The molecule has 5 heteroatoms. The summed E-state index contributed by atoms with van der Waals surface area (Å²) in [7, 11) is 0. The highest BCUT2D eigenvalue weighted by atomic mass is 35.5. The minimum Gasteiger partial charge on any atom is -0.322 e. The van der Waals surface area contributed by atoms with E-state index in [9.17, 15) is 9.59 Å². The SMILES string of the molecule is CC(=O)N(c1ccc(NC(=O)c2ccccc2Cl)cc1)C1CC1. The summed E-state index contributed by atoms with van der Waals surface area (Å²) >= 11 is 6.02. The predicted octanol–water partition coefficient (Wildman–Crippen LogP) is 4.11. The van der Waals surface area contributed by atoms with Gasteiger partial charge in [0.1, 0.15) is 0 Å². The van der Waals surface area contributed by atoms with Crippen LogP contribution in [0.15, 0.2) is 48.5 Å². The molecule has 118 valence electrons. The number of rotatable bonds is 4. The van der Waals surface area contributed by atoms with Gasteiger partial charge in [0.25, 0.3) is 5.91 Å². The normalized spacial score (nSPS) is 13.5. The second kappa shape index (κ2) is 6.42. The highest BCUT2D eigenvalue weighted by Gasteiger charge is 2.31. The van der Waals surface area contributed by atoms with Crippen LogP contribution in [0.4, 0.5) is 11.4 Å². The summed E-state index contributed by atoms with van der Waals surface area (Å²) in [5.41, 5.74) is 1.95. The van der Waals surface area contributed by atoms with E-state index in [0.29, 0.717) is 22.3 Å². The molecule has 23 heavy (non-hydrogen) atoms. The third-order valence-corrected chi connectivity index (χ3v) is 4.10. The van der Waals surface area contributed by atoms with Crippen LogP contribution in [0.5, 0.6) is 0 Å². The van der Waals surface area contributed by atoms with Crippen LogP contribution in [-0.2, 0) is 4.79 Å². The van der Waals surface area contributed by atoms with Crippen LogP contribution < -0.4 is 10.2 Å². The van der Waals surface area contributed by atoms with Crippen molar-refractivity contribution in [1.82, 2.24) is 0 Å². The first kappa shape index (κ1) is 15.6. The van der Waals surface area contributed by atoms with Gasteiger partial charge < -0.3 is 10.2 Å². The van der Waals surface area contributed by atoms with Crippen LogP contribution in [0.3, 0.4) is 0 Å². The summed E-state index contributed by atoms with van der Waals surface area (Å²) in [6.45, 7) is 1.57. The van der Waals surface area contributed by atoms with Gasteiger partial charge >= 0.3 is 0 Å². The van der Waals surface area contributed by atoms with Crippen molar-refractivity contribution in [2.45, 2.75) is 25.8 Å². The van der Waals surface area contributed by atoms with E-state index in [0.717, 1.165) is 18.5 Å². The van der Waals surface area contributed by atoms with Gasteiger partial charge in [-0.2, -0.15) is 0 Å². The van der Waals surface area contributed by atoms with Crippen LogP contribution in [-0.4, -0.2) is 17.9 Å². The number of carbonyl (C=O) groups is 2. The molecule has 1 fully saturated rings. The van der Waals surface area contributed by atoms with E-state index in [2.05, 4.69) is 5.32 Å². The molecule has 0 saturated heterocycles. The zero-order valence-corrected chi connectivity index (χ0v) is 13.5. The summed E-state index contributed by atoms with van der Waals surface area (Å²) in [6.07, 6.45) is 2.09. The number of nitrogens with one attached hydrogen (secondary N) is 1. The Morgan fingerprint density at radius 3 is 2.30 bits per heavy atom. The van der Waals surface area contributed by atoms with Gasteiger partial charge in [0.2, 0.25) is 5.91 Å². The van der Waals surface area contributed by atoms with Gasteiger partial charge in [-0.3, -0.25) is 9.59 Å². The zero-order chi connectivity index (χ0) is 16.4. The Balaban J connectivity index is 1.74. The smallest absolute Gasteiger partial charge is 0.257 e. The zero-order valence-electron chi connectivity index (χ0n) is 12.8. The number of halogens is 1. The number of carbonyl (C=O) groups excluding carboxylic acids is 2. The Bertz CT molecular complexity index is 739. The van der Waals surface area contributed by atoms with Gasteiger partial charge in [-0.25, -0.2) is 0 Å². The van der Waals surface area contributed by atoms with Crippen LogP contribution in [0.25, 0.3) is 0 Å². The van der Waals surface area contributed by atoms with Gasteiger partial charge in [0.15, 0.2) is 0 Å². The fourth-order valence-corrected chi connectivity index (χ4v) is 2.75. The molecule has 0 bridgehead atoms. The standard InChI is InChI=1S/C18H17ClN2O2/c1-12(22)21(15-10-11-15)14-8-6-13(7-9-14)20-18(23)16-4-2-3-5-17(16)19/h2-9,15H,10-11H2,1H3,(H,20,23). The van der Waals surface area contributed by atoms with Gasteiger partial charge in [0.05, 0.1) is 10.6 Å². The van der Waals surface area contributed by atoms with Crippen molar-refractivity contribution in [2.75, 3.05) is 10.2 Å². The van der Waals surface area contributed by atoms with Crippen LogP contribution in [0.1, 0.15) is 30.1 Å². The highest BCUT2D eigenvalue weighted by molar-refractivity contribution is 6.34. The maximum absolute atomic E-state index is 12.2. The molecule has 2 aromatic rings. The van der Waals surface area contributed by atoms with Crippen LogP contribution >= 0.6 is 11.6 Å². The van der Waals surface area contributed by atoms with E-state index in [1.165, 1.54) is 0 Å². The molecular formula is C18H17ClN2O2. The lowest BCUT2D eigenvalue weighted by molar-refractivity contribution is -0.116. The predicted molar refractivity (Wildman–Crippen MR) is 92.0 cm³/mol. The summed E-state index contributed by atoms with van der Waals surface area (Å²) in [5.74, 6) is -0.214. The molecule has 2 amide bonds. The van der Waals surface area contributed by atoms with Crippen molar-refractivity contribution in [3.05, 3.63) is 59.1 Å². The minimum absolute atomic E-state index is 0.0420. The number of benzene rings is 2. The van der Waals surface area contributed by atoms with E-state index in [1.54, 1.807) is 48.2 Å². The highest BCUT2D eigenvalue weighted by Crippen LogP contribution is 2.32. The first-order valence-corrected chi connectivity index (χ1v) is 7.90. The molecule has 0 radical (unpaired) electrons. The molecule has 1 saturated carbocycles. The van der Waals surface area contributed by atoms with Crippen LogP contribution in [0, 0.1) is 0 Å². The molecule has 0 spiro atoms. The van der Waals surface area contributed by atoms with Crippen molar-refractivity contribution >= 4 is 34.8 Å². The lowest BCUT2D eigenvalue weighted by Crippen LogP contribution is -2.30. The fraction of sp³-hybridized carbons (Fsp3) is 0.222. The topological polar surface area (TPSA) is 49.4 Å². The molecule has 1 N–H and O–H groups in total. The maximum Gasteiger partial charge on any atom is 0.257 e. The second-order valence-corrected chi connectivity index (χ2v) is 6.01.